The second-order valence-corrected chi connectivity index (χ2v) is 6.70. The smallest absolute Gasteiger partial charge is 0.303 e. The second kappa shape index (κ2) is 7.70. The Hall–Kier alpha value is -2.66. The highest BCUT2D eigenvalue weighted by molar-refractivity contribution is 6.34. The monoisotopic (exact) mass is 370 g/mol. The van der Waals surface area contributed by atoms with Crippen LogP contribution in [0.1, 0.15) is 42.0 Å². The number of amides is 1. The van der Waals surface area contributed by atoms with Crippen LogP contribution in [0.5, 0.6) is 0 Å². The number of carboxylic acid groups (broad SMARTS) is 1. The molecule has 5 nitrogen and oxygen atoms in total. The minimum Gasteiger partial charge on any atom is -0.481 e. The Labute approximate surface area is 156 Å². The highest BCUT2D eigenvalue weighted by atomic mass is 35.5. The van der Waals surface area contributed by atoms with Crippen LogP contribution in [-0.2, 0) is 9.59 Å². The van der Waals surface area contributed by atoms with Gasteiger partial charge in [0.15, 0.2) is 0 Å². The minimum absolute atomic E-state index is 0.0864. The van der Waals surface area contributed by atoms with Crippen molar-refractivity contribution in [2.24, 2.45) is 5.10 Å². The normalized spacial score (nSPS) is 16.5. The van der Waals surface area contributed by atoms with Crippen LogP contribution in [0.25, 0.3) is 0 Å². The lowest BCUT2D eigenvalue weighted by Crippen LogP contribution is -2.27. The fourth-order valence-corrected chi connectivity index (χ4v) is 3.31. The van der Waals surface area contributed by atoms with E-state index in [4.69, 9.17) is 16.7 Å². The van der Waals surface area contributed by atoms with Crippen LogP contribution in [0.2, 0.25) is 5.02 Å². The van der Waals surface area contributed by atoms with Crippen LogP contribution in [-0.4, -0.2) is 27.7 Å². The first-order valence-corrected chi connectivity index (χ1v) is 8.76. The molecule has 134 valence electrons. The van der Waals surface area contributed by atoms with Crippen molar-refractivity contribution in [3.05, 3.63) is 70.2 Å². The summed E-state index contributed by atoms with van der Waals surface area (Å²) < 4.78 is 0. The molecule has 1 amide bonds. The maximum absolute atomic E-state index is 12.6. The second-order valence-electron chi connectivity index (χ2n) is 6.29. The van der Waals surface area contributed by atoms with Gasteiger partial charge in [-0.2, -0.15) is 5.10 Å². The summed E-state index contributed by atoms with van der Waals surface area (Å²) in [6.45, 7) is 1.99. The summed E-state index contributed by atoms with van der Waals surface area (Å²) in [5.74, 6) is -1.30. The zero-order chi connectivity index (χ0) is 18.7. The van der Waals surface area contributed by atoms with Gasteiger partial charge in [-0.1, -0.05) is 59.6 Å². The Morgan fingerprint density at radius 2 is 1.96 bits per heavy atom. The van der Waals surface area contributed by atoms with Gasteiger partial charge in [-0.15, -0.1) is 0 Å². The molecule has 0 saturated carbocycles. The van der Waals surface area contributed by atoms with Crippen molar-refractivity contribution in [3.63, 3.8) is 0 Å². The molecule has 1 atom stereocenters. The summed E-state index contributed by atoms with van der Waals surface area (Å²) in [5.41, 5.74) is 3.58. The van der Waals surface area contributed by atoms with Crippen molar-refractivity contribution < 1.29 is 14.7 Å². The van der Waals surface area contributed by atoms with Gasteiger partial charge in [-0.05, 0) is 18.6 Å². The van der Waals surface area contributed by atoms with E-state index in [1.165, 1.54) is 5.01 Å². The quantitative estimate of drug-likeness (QED) is 0.857. The SMILES string of the molecule is Cc1cccc([C@@H]2CC(c3ccccc3Cl)=NN2C(=O)CCC(=O)O)c1. The predicted octanol–water partition coefficient (Wildman–Crippen LogP) is 4.19. The summed E-state index contributed by atoms with van der Waals surface area (Å²) in [4.78, 5) is 23.4. The van der Waals surface area contributed by atoms with Crippen molar-refractivity contribution in [1.29, 1.82) is 0 Å². The number of nitrogens with zero attached hydrogens (tertiary/aromatic N) is 2. The van der Waals surface area contributed by atoms with Gasteiger partial charge in [0.2, 0.25) is 5.91 Å². The van der Waals surface area contributed by atoms with Crippen molar-refractivity contribution in [2.45, 2.75) is 32.2 Å². The first-order chi connectivity index (χ1) is 12.5. The Kier molecular flexibility index (Phi) is 5.38. The summed E-state index contributed by atoms with van der Waals surface area (Å²) in [6.07, 6.45) is 0.232. The molecule has 0 bridgehead atoms. The van der Waals surface area contributed by atoms with Gasteiger partial charge in [0.05, 0.1) is 18.2 Å². The van der Waals surface area contributed by atoms with Crippen LogP contribution >= 0.6 is 11.6 Å². The van der Waals surface area contributed by atoms with Gasteiger partial charge in [0.25, 0.3) is 0 Å². The Morgan fingerprint density at radius 3 is 2.65 bits per heavy atom. The number of hydrogen-bond acceptors (Lipinski definition) is 3. The largest absolute Gasteiger partial charge is 0.481 e. The minimum atomic E-state index is -1.00. The van der Waals surface area contributed by atoms with E-state index in [-0.39, 0.29) is 24.8 Å². The molecule has 3 rings (SSSR count). The standard InChI is InChI=1S/C20H19ClN2O3/c1-13-5-4-6-14(11-13)18-12-17(15-7-2-3-8-16(15)21)22-23(18)19(24)9-10-20(25)26/h2-8,11,18H,9-10,12H2,1H3,(H,25,26)/t18-/m0/s1. The van der Waals surface area contributed by atoms with E-state index in [1.54, 1.807) is 6.07 Å². The van der Waals surface area contributed by atoms with Crippen LogP contribution in [0, 0.1) is 6.92 Å². The van der Waals surface area contributed by atoms with Crippen molar-refractivity contribution in [3.8, 4) is 0 Å². The summed E-state index contributed by atoms with van der Waals surface area (Å²) >= 11 is 6.29. The number of hydrogen-bond donors (Lipinski definition) is 1. The molecule has 0 spiro atoms. The average molecular weight is 371 g/mol. The lowest BCUT2D eigenvalue weighted by Gasteiger charge is -2.22. The molecule has 0 fully saturated rings. The number of aryl methyl sites for hydroxylation is 1. The van der Waals surface area contributed by atoms with Gasteiger partial charge >= 0.3 is 5.97 Å². The van der Waals surface area contributed by atoms with E-state index in [0.717, 1.165) is 22.4 Å². The first kappa shape index (κ1) is 18.1. The third kappa shape index (κ3) is 3.94. The van der Waals surface area contributed by atoms with Gasteiger partial charge in [0, 0.05) is 23.4 Å². The molecule has 0 radical (unpaired) electrons. The van der Waals surface area contributed by atoms with E-state index in [2.05, 4.69) is 5.10 Å². The van der Waals surface area contributed by atoms with Crippen molar-refractivity contribution >= 4 is 29.2 Å². The number of hydrazone groups is 1. The summed E-state index contributed by atoms with van der Waals surface area (Å²) in [6, 6.07) is 15.0. The number of carboxylic acids is 1. The molecule has 6 heteroatoms. The van der Waals surface area contributed by atoms with Gasteiger partial charge in [-0.3, -0.25) is 9.59 Å². The third-order valence-corrected chi connectivity index (χ3v) is 4.66. The topological polar surface area (TPSA) is 70.0 Å². The van der Waals surface area contributed by atoms with Gasteiger partial charge in [0.1, 0.15) is 0 Å². The molecule has 2 aromatic carbocycles. The van der Waals surface area contributed by atoms with E-state index >= 15 is 0 Å². The number of carbonyl (C=O) groups is 2. The highest BCUT2D eigenvalue weighted by Gasteiger charge is 2.33. The van der Waals surface area contributed by atoms with Crippen molar-refractivity contribution in [1.82, 2.24) is 5.01 Å². The number of benzene rings is 2. The van der Waals surface area contributed by atoms with Crippen LogP contribution in [0.15, 0.2) is 53.6 Å². The third-order valence-electron chi connectivity index (χ3n) is 4.33. The maximum atomic E-state index is 12.6. The summed E-state index contributed by atoms with van der Waals surface area (Å²) in [7, 11) is 0. The Balaban J connectivity index is 1.94. The van der Waals surface area contributed by atoms with E-state index in [9.17, 15) is 9.59 Å². The number of halogens is 1. The Morgan fingerprint density at radius 1 is 1.19 bits per heavy atom. The fraction of sp³-hybridized carbons (Fsp3) is 0.250. The van der Waals surface area contributed by atoms with E-state index in [1.807, 2.05) is 49.4 Å². The molecular weight excluding hydrogens is 352 g/mol. The van der Waals surface area contributed by atoms with E-state index < -0.39 is 5.97 Å². The zero-order valence-electron chi connectivity index (χ0n) is 14.4. The van der Waals surface area contributed by atoms with Crippen LogP contribution < -0.4 is 0 Å². The van der Waals surface area contributed by atoms with Crippen molar-refractivity contribution in [2.75, 3.05) is 0 Å². The fourth-order valence-electron chi connectivity index (χ4n) is 3.06. The lowest BCUT2D eigenvalue weighted by molar-refractivity contribution is -0.141. The molecular formula is C20H19ClN2O3. The molecule has 1 heterocycles. The molecule has 26 heavy (non-hydrogen) atoms. The molecule has 0 aromatic heterocycles. The molecule has 1 aliphatic heterocycles. The summed E-state index contributed by atoms with van der Waals surface area (Å²) in [5, 5.41) is 15.4. The molecule has 0 aliphatic carbocycles. The molecule has 1 N–H and O–H groups in total. The number of carbonyl (C=O) groups excluding carboxylic acids is 1. The molecule has 1 aliphatic rings. The van der Waals surface area contributed by atoms with Crippen LogP contribution in [0.4, 0.5) is 0 Å². The van der Waals surface area contributed by atoms with Gasteiger partial charge in [-0.25, -0.2) is 5.01 Å². The Bertz CT molecular complexity index is 879. The molecule has 0 saturated heterocycles. The maximum Gasteiger partial charge on any atom is 0.303 e. The first-order valence-electron chi connectivity index (χ1n) is 8.38. The molecule has 2 aromatic rings. The lowest BCUT2D eigenvalue weighted by atomic mass is 9.97. The van der Waals surface area contributed by atoms with Gasteiger partial charge < -0.3 is 5.11 Å². The average Bonchev–Trinajstić information content (AvgIpc) is 3.05. The van der Waals surface area contributed by atoms with E-state index in [0.29, 0.717) is 11.4 Å². The number of aliphatic carboxylic acids is 1. The zero-order valence-corrected chi connectivity index (χ0v) is 15.1. The van der Waals surface area contributed by atoms with Crippen LogP contribution in [0.3, 0.4) is 0 Å². The number of rotatable bonds is 5. The predicted molar refractivity (Wildman–Crippen MR) is 100 cm³/mol. The highest BCUT2D eigenvalue weighted by Crippen LogP contribution is 2.35. The molecule has 0 unspecified atom stereocenters.